The van der Waals surface area contributed by atoms with E-state index in [1.807, 2.05) is 47.4 Å². The number of carbonyl (C=O) groups is 1. The Kier molecular flexibility index (Phi) is 3.76. The van der Waals surface area contributed by atoms with Crippen molar-refractivity contribution in [2.75, 3.05) is 19.1 Å². The topological polar surface area (TPSA) is 64.8 Å². The Bertz CT molecular complexity index is 758. The maximum absolute atomic E-state index is 12.8. The van der Waals surface area contributed by atoms with Crippen molar-refractivity contribution in [1.82, 2.24) is 4.90 Å². The Hall–Kier alpha value is -2.69. The number of nitrogens with zero attached hydrogens (tertiary/aromatic N) is 1. The van der Waals surface area contributed by atoms with E-state index < -0.39 is 0 Å². The van der Waals surface area contributed by atoms with Crippen molar-refractivity contribution in [3.63, 3.8) is 0 Å². The summed E-state index contributed by atoms with van der Waals surface area (Å²) in [6.07, 6.45) is 2.40. The van der Waals surface area contributed by atoms with Crippen molar-refractivity contribution in [3.05, 3.63) is 53.6 Å². The van der Waals surface area contributed by atoms with Crippen molar-refractivity contribution in [3.8, 4) is 11.5 Å². The summed E-state index contributed by atoms with van der Waals surface area (Å²) in [5, 5.41) is 0. The van der Waals surface area contributed by atoms with Crippen LogP contribution >= 0.6 is 0 Å². The number of nitrogen functional groups attached to an aromatic ring is 1. The smallest absolute Gasteiger partial charge is 0.231 e. The van der Waals surface area contributed by atoms with E-state index in [1.165, 1.54) is 0 Å². The molecular formula is C19H20N2O3. The van der Waals surface area contributed by atoms with Gasteiger partial charge in [-0.3, -0.25) is 4.79 Å². The number of amides is 1. The average Bonchev–Trinajstić information content (AvgIpc) is 3.25. The Balaban J connectivity index is 1.52. The molecule has 5 heteroatoms. The molecule has 24 heavy (non-hydrogen) atoms. The first-order valence-corrected chi connectivity index (χ1v) is 8.24. The Morgan fingerprint density at radius 2 is 1.92 bits per heavy atom. The molecule has 2 heterocycles. The summed E-state index contributed by atoms with van der Waals surface area (Å²) < 4.78 is 10.8. The minimum absolute atomic E-state index is 0.112. The third kappa shape index (κ3) is 2.77. The lowest BCUT2D eigenvalue weighted by Gasteiger charge is -2.25. The molecule has 1 saturated heterocycles. The molecule has 124 valence electrons. The zero-order valence-corrected chi connectivity index (χ0v) is 13.4. The normalized spacial score (nSPS) is 18.8. The van der Waals surface area contributed by atoms with Gasteiger partial charge in [-0.15, -0.1) is 0 Å². The quantitative estimate of drug-likeness (QED) is 0.882. The zero-order chi connectivity index (χ0) is 16.5. The van der Waals surface area contributed by atoms with E-state index in [0.717, 1.165) is 42.0 Å². The number of hydrogen-bond acceptors (Lipinski definition) is 4. The number of hydrogen-bond donors (Lipinski definition) is 1. The van der Waals surface area contributed by atoms with E-state index in [0.29, 0.717) is 12.1 Å². The molecule has 2 aromatic carbocycles. The van der Waals surface area contributed by atoms with E-state index in [-0.39, 0.29) is 18.7 Å². The van der Waals surface area contributed by atoms with Crippen LogP contribution in [0.3, 0.4) is 0 Å². The molecule has 4 rings (SSSR count). The summed E-state index contributed by atoms with van der Waals surface area (Å²) >= 11 is 0. The maximum atomic E-state index is 12.8. The van der Waals surface area contributed by atoms with Crippen molar-refractivity contribution in [1.29, 1.82) is 0 Å². The summed E-state index contributed by atoms with van der Waals surface area (Å²) in [6.45, 7) is 1.07. The fourth-order valence-corrected chi connectivity index (χ4v) is 3.44. The van der Waals surface area contributed by atoms with Gasteiger partial charge in [0.15, 0.2) is 11.5 Å². The van der Waals surface area contributed by atoms with Crippen LogP contribution in [0.1, 0.15) is 30.0 Å². The number of benzene rings is 2. The van der Waals surface area contributed by atoms with Crippen LogP contribution < -0.4 is 15.2 Å². The van der Waals surface area contributed by atoms with Crippen LogP contribution in [0.25, 0.3) is 0 Å². The second-order valence-corrected chi connectivity index (χ2v) is 6.28. The molecule has 5 nitrogen and oxygen atoms in total. The van der Waals surface area contributed by atoms with Gasteiger partial charge in [-0.05, 0) is 48.2 Å². The highest BCUT2D eigenvalue weighted by Gasteiger charge is 2.30. The van der Waals surface area contributed by atoms with Crippen molar-refractivity contribution in [2.45, 2.75) is 25.3 Å². The Morgan fingerprint density at radius 1 is 1.12 bits per heavy atom. The highest BCUT2D eigenvalue weighted by atomic mass is 16.7. The van der Waals surface area contributed by atoms with E-state index in [1.54, 1.807) is 0 Å². The minimum Gasteiger partial charge on any atom is -0.454 e. The third-order valence-electron chi connectivity index (χ3n) is 4.69. The fourth-order valence-electron chi connectivity index (χ4n) is 3.44. The molecule has 2 aliphatic rings. The molecule has 0 aliphatic carbocycles. The van der Waals surface area contributed by atoms with Crippen LogP contribution in [0.4, 0.5) is 5.69 Å². The van der Waals surface area contributed by atoms with Crippen LogP contribution in [0.5, 0.6) is 11.5 Å². The number of ether oxygens (including phenoxy) is 2. The summed E-state index contributed by atoms with van der Waals surface area (Å²) in [4.78, 5) is 14.7. The summed E-state index contributed by atoms with van der Waals surface area (Å²) in [7, 11) is 0. The van der Waals surface area contributed by atoms with Crippen LogP contribution in [0.2, 0.25) is 0 Å². The standard InChI is InChI=1S/C19H20N2O3/c20-15-6-3-13(4-7-15)10-19(22)21-9-1-2-16(21)14-5-8-17-18(11-14)24-12-23-17/h3-8,11,16H,1-2,9-10,12,20H2/t16-/m1/s1. The van der Waals surface area contributed by atoms with Gasteiger partial charge in [0.1, 0.15) is 0 Å². The number of rotatable bonds is 3. The number of fused-ring (bicyclic) bond motifs is 1. The first-order chi connectivity index (χ1) is 11.7. The molecule has 2 N–H and O–H groups in total. The molecule has 0 spiro atoms. The van der Waals surface area contributed by atoms with Crippen molar-refractivity contribution in [2.24, 2.45) is 0 Å². The fraction of sp³-hybridized carbons (Fsp3) is 0.316. The second-order valence-electron chi connectivity index (χ2n) is 6.28. The van der Waals surface area contributed by atoms with Gasteiger partial charge in [0, 0.05) is 12.2 Å². The van der Waals surface area contributed by atoms with Crippen LogP contribution in [0, 0.1) is 0 Å². The predicted octanol–water partition coefficient (Wildman–Crippen LogP) is 2.90. The monoisotopic (exact) mass is 324 g/mol. The predicted molar refractivity (Wildman–Crippen MR) is 90.8 cm³/mol. The average molecular weight is 324 g/mol. The summed E-state index contributed by atoms with van der Waals surface area (Å²) in [5.74, 6) is 1.70. The summed E-state index contributed by atoms with van der Waals surface area (Å²) in [6, 6.07) is 13.6. The van der Waals surface area contributed by atoms with Crippen LogP contribution in [0.15, 0.2) is 42.5 Å². The van der Waals surface area contributed by atoms with Gasteiger partial charge in [0.05, 0.1) is 12.5 Å². The lowest BCUT2D eigenvalue weighted by atomic mass is 10.0. The highest BCUT2D eigenvalue weighted by molar-refractivity contribution is 5.79. The molecule has 0 aromatic heterocycles. The molecular weight excluding hydrogens is 304 g/mol. The van der Waals surface area contributed by atoms with Gasteiger partial charge in [0.25, 0.3) is 0 Å². The maximum Gasteiger partial charge on any atom is 0.231 e. The van der Waals surface area contributed by atoms with E-state index in [9.17, 15) is 4.79 Å². The minimum atomic E-state index is 0.112. The van der Waals surface area contributed by atoms with E-state index in [2.05, 4.69) is 0 Å². The van der Waals surface area contributed by atoms with E-state index >= 15 is 0 Å². The van der Waals surface area contributed by atoms with Gasteiger partial charge in [-0.2, -0.15) is 0 Å². The van der Waals surface area contributed by atoms with Crippen molar-refractivity contribution >= 4 is 11.6 Å². The molecule has 2 aromatic rings. The Labute approximate surface area is 141 Å². The molecule has 0 radical (unpaired) electrons. The van der Waals surface area contributed by atoms with E-state index in [4.69, 9.17) is 15.2 Å². The Morgan fingerprint density at radius 3 is 2.75 bits per heavy atom. The molecule has 0 saturated carbocycles. The SMILES string of the molecule is Nc1ccc(CC(=O)N2CCC[C@@H]2c2ccc3c(c2)OCO3)cc1. The van der Waals surface area contributed by atoms with Gasteiger partial charge in [-0.1, -0.05) is 18.2 Å². The van der Waals surface area contributed by atoms with Gasteiger partial charge >= 0.3 is 0 Å². The van der Waals surface area contributed by atoms with Crippen LogP contribution in [-0.2, 0) is 11.2 Å². The lowest BCUT2D eigenvalue weighted by molar-refractivity contribution is -0.131. The lowest BCUT2D eigenvalue weighted by Crippen LogP contribution is -2.31. The zero-order valence-electron chi connectivity index (χ0n) is 13.4. The molecule has 2 aliphatic heterocycles. The van der Waals surface area contributed by atoms with Gasteiger partial charge in [0.2, 0.25) is 12.7 Å². The van der Waals surface area contributed by atoms with Crippen LogP contribution in [-0.4, -0.2) is 24.1 Å². The highest BCUT2D eigenvalue weighted by Crippen LogP contribution is 2.39. The summed E-state index contributed by atoms with van der Waals surface area (Å²) in [5.41, 5.74) is 8.52. The second kappa shape index (κ2) is 6.07. The molecule has 0 bridgehead atoms. The number of likely N-dealkylation sites (tertiary alicyclic amines) is 1. The van der Waals surface area contributed by atoms with Gasteiger partial charge in [-0.25, -0.2) is 0 Å². The number of carbonyl (C=O) groups excluding carboxylic acids is 1. The molecule has 1 atom stereocenters. The van der Waals surface area contributed by atoms with Crippen molar-refractivity contribution < 1.29 is 14.3 Å². The molecule has 0 unspecified atom stereocenters. The number of nitrogens with two attached hydrogens (primary N) is 1. The first-order valence-electron chi connectivity index (χ1n) is 8.24. The largest absolute Gasteiger partial charge is 0.454 e. The number of anilines is 1. The molecule has 1 amide bonds. The third-order valence-corrected chi connectivity index (χ3v) is 4.69. The first kappa shape index (κ1) is 14.9. The van der Waals surface area contributed by atoms with Gasteiger partial charge < -0.3 is 20.1 Å². The molecule has 1 fully saturated rings.